The topological polar surface area (TPSA) is 70.6 Å². The Morgan fingerprint density at radius 3 is 2.52 bits per heavy atom. The quantitative estimate of drug-likeness (QED) is 0.439. The molecule has 2 aromatic carbocycles. The third kappa shape index (κ3) is 3.20. The van der Waals surface area contributed by atoms with Gasteiger partial charge in [-0.3, -0.25) is 4.79 Å². The molecule has 0 spiro atoms. The SMILES string of the molecule is COc1ccc(Cn2ccc3c(cnc4c(-c5ccccc5)cnn43)c2=O)cc1OC. The van der Waals surface area contributed by atoms with Gasteiger partial charge in [-0.15, -0.1) is 0 Å². The molecule has 0 N–H and O–H groups in total. The maximum absolute atomic E-state index is 13.2. The minimum absolute atomic E-state index is 0.126. The fourth-order valence-corrected chi connectivity index (χ4v) is 3.78. The Labute approximate surface area is 178 Å². The van der Waals surface area contributed by atoms with Crippen molar-refractivity contribution in [2.75, 3.05) is 14.2 Å². The molecule has 0 aliphatic heterocycles. The molecule has 5 aromatic rings. The Hall–Kier alpha value is -4.13. The zero-order chi connectivity index (χ0) is 21.4. The van der Waals surface area contributed by atoms with Crippen LogP contribution >= 0.6 is 0 Å². The number of methoxy groups -OCH3 is 2. The van der Waals surface area contributed by atoms with Crippen molar-refractivity contribution in [2.45, 2.75) is 6.54 Å². The van der Waals surface area contributed by atoms with E-state index < -0.39 is 0 Å². The van der Waals surface area contributed by atoms with E-state index in [9.17, 15) is 4.79 Å². The van der Waals surface area contributed by atoms with Gasteiger partial charge in [0, 0.05) is 18.0 Å². The average Bonchev–Trinajstić information content (AvgIpc) is 3.26. The zero-order valence-corrected chi connectivity index (χ0v) is 17.1. The largest absolute Gasteiger partial charge is 0.493 e. The summed E-state index contributed by atoms with van der Waals surface area (Å²) in [6, 6.07) is 17.5. The lowest BCUT2D eigenvalue weighted by atomic mass is 10.1. The van der Waals surface area contributed by atoms with E-state index in [0.29, 0.717) is 23.4 Å². The smallest absolute Gasteiger partial charge is 0.261 e. The second kappa shape index (κ2) is 7.60. The van der Waals surface area contributed by atoms with Gasteiger partial charge < -0.3 is 14.0 Å². The van der Waals surface area contributed by atoms with Crippen molar-refractivity contribution >= 4 is 16.6 Å². The van der Waals surface area contributed by atoms with Crippen molar-refractivity contribution in [1.82, 2.24) is 19.2 Å². The highest BCUT2D eigenvalue weighted by Gasteiger charge is 2.13. The van der Waals surface area contributed by atoms with Gasteiger partial charge in [-0.05, 0) is 29.3 Å². The van der Waals surface area contributed by atoms with Crippen LogP contribution in [-0.4, -0.2) is 33.4 Å². The molecule has 154 valence electrons. The second-order valence-electron chi connectivity index (χ2n) is 7.15. The summed E-state index contributed by atoms with van der Waals surface area (Å²) in [5.41, 5.74) is 4.21. The highest BCUT2D eigenvalue weighted by Crippen LogP contribution is 2.28. The highest BCUT2D eigenvalue weighted by atomic mass is 16.5. The van der Waals surface area contributed by atoms with E-state index in [1.807, 2.05) is 54.6 Å². The van der Waals surface area contributed by atoms with E-state index in [-0.39, 0.29) is 5.56 Å². The average molecular weight is 412 g/mol. The predicted molar refractivity (Wildman–Crippen MR) is 119 cm³/mol. The van der Waals surface area contributed by atoms with Crippen molar-refractivity contribution < 1.29 is 9.47 Å². The highest BCUT2D eigenvalue weighted by molar-refractivity contribution is 5.85. The summed E-state index contributed by atoms with van der Waals surface area (Å²) in [4.78, 5) is 17.7. The molecule has 7 nitrogen and oxygen atoms in total. The molecule has 0 fully saturated rings. The molecule has 0 amide bonds. The summed E-state index contributed by atoms with van der Waals surface area (Å²) in [5.74, 6) is 1.28. The second-order valence-corrected chi connectivity index (χ2v) is 7.15. The van der Waals surface area contributed by atoms with Crippen LogP contribution in [0.3, 0.4) is 0 Å². The van der Waals surface area contributed by atoms with Crippen LogP contribution in [0.4, 0.5) is 0 Å². The summed E-state index contributed by atoms with van der Waals surface area (Å²) in [6.07, 6.45) is 5.20. The van der Waals surface area contributed by atoms with Gasteiger partial charge in [0.15, 0.2) is 17.1 Å². The summed E-state index contributed by atoms with van der Waals surface area (Å²) >= 11 is 0. The fourth-order valence-electron chi connectivity index (χ4n) is 3.78. The third-order valence-corrected chi connectivity index (χ3v) is 5.35. The van der Waals surface area contributed by atoms with E-state index in [1.54, 1.807) is 41.9 Å². The predicted octanol–water partition coefficient (Wildman–Crippen LogP) is 3.78. The van der Waals surface area contributed by atoms with E-state index in [1.165, 1.54) is 0 Å². The first-order chi connectivity index (χ1) is 15.2. The minimum Gasteiger partial charge on any atom is -0.493 e. The lowest BCUT2D eigenvalue weighted by Crippen LogP contribution is -2.21. The lowest BCUT2D eigenvalue weighted by Gasteiger charge is -2.11. The number of pyridine rings is 1. The normalized spacial score (nSPS) is 11.2. The lowest BCUT2D eigenvalue weighted by molar-refractivity contribution is 0.354. The summed E-state index contributed by atoms with van der Waals surface area (Å²) in [6.45, 7) is 0.404. The molecular formula is C24H20N4O3. The van der Waals surface area contributed by atoms with Gasteiger partial charge in [0.25, 0.3) is 5.56 Å². The van der Waals surface area contributed by atoms with Crippen LogP contribution in [0.5, 0.6) is 11.5 Å². The first-order valence-electron chi connectivity index (χ1n) is 9.82. The molecule has 3 aromatic heterocycles. The van der Waals surface area contributed by atoms with Gasteiger partial charge in [-0.2, -0.15) is 5.10 Å². The Kier molecular flexibility index (Phi) is 4.63. The van der Waals surface area contributed by atoms with Gasteiger partial charge in [-0.25, -0.2) is 9.50 Å². The number of hydrogen-bond donors (Lipinski definition) is 0. The standard InChI is InChI=1S/C24H20N4O3/c1-30-21-9-8-16(12-22(21)31-2)15-27-11-10-20-19(24(27)29)13-25-23-18(14-26-28(20)23)17-6-4-3-5-7-17/h3-14H,15H2,1-2H3. The molecule has 31 heavy (non-hydrogen) atoms. The van der Waals surface area contributed by atoms with E-state index in [0.717, 1.165) is 27.9 Å². The first kappa shape index (κ1) is 18.9. The van der Waals surface area contributed by atoms with Crippen molar-refractivity contribution in [3.63, 3.8) is 0 Å². The van der Waals surface area contributed by atoms with E-state index in [4.69, 9.17) is 9.47 Å². The Morgan fingerprint density at radius 2 is 1.74 bits per heavy atom. The van der Waals surface area contributed by atoms with Crippen LogP contribution < -0.4 is 15.0 Å². The maximum Gasteiger partial charge on any atom is 0.261 e. The van der Waals surface area contributed by atoms with Gasteiger partial charge >= 0.3 is 0 Å². The van der Waals surface area contributed by atoms with Crippen LogP contribution in [0.15, 0.2) is 78.0 Å². The van der Waals surface area contributed by atoms with Crippen molar-refractivity contribution in [3.8, 4) is 22.6 Å². The Morgan fingerprint density at radius 1 is 0.935 bits per heavy atom. The molecule has 0 radical (unpaired) electrons. The number of hydrogen-bond acceptors (Lipinski definition) is 5. The minimum atomic E-state index is -0.126. The molecule has 0 unspecified atom stereocenters. The monoisotopic (exact) mass is 412 g/mol. The summed E-state index contributed by atoms with van der Waals surface area (Å²) in [7, 11) is 3.19. The molecular weight excluding hydrogens is 392 g/mol. The first-order valence-corrected chi connectivity index (χ1v) is 9.82. The van der Waals surface area contributed by atoms with Gasteiger partial charge in [0.1, 0.15) is 0 Å². The molecule has 0 atom stereocenters. The molecule has 0 bridgehead atoms. The number of nitrogens with zero attached hydrogens (tertiary/aromatic N) is 4. The summed E-state index contributed by atoms with van der Waals surface area (Å²) < 4.78 is 14.0. The third-order valence-electron chi connectivity index (χ3n) is 5.35. The van der Waals surface area contributed by atoms with Crippen molar-refractivity contribution in [3.05, 3.63) is 89.1 Å². The Bertz CT molecular complexity index is 1450. The molecule has 7 heteroatoms. The van der Waals surface area contributed by atoms with Gasteiger partial charge in [-0.1, -0.05) is 36.4 Å². The van der Waals surface area contributed by atoms with Crippen molar-refractivity contribution in [1.29, 1.82) is 0 Å². The van der Waals surface area contributed by atoms with Gasteiger partial charge in [0.2, 0.25) is 0 Å². The molecule has 3 heterocycles. The summed E-state index contributed by atoms with van der Waals surface area (Å²) in [5, 5.41) is 5.01. The Balaban J connectivity index is 1.58. The van der Waals surface area contributed by atoms with Crippen LogP contribution in [0, 0.1) is 0 Å². The number of fused-ring (bicyclic) bond motifs is 3. The van der Waals surface area contributed by atoms with Crippen molar-refractivity contribution in [2.24, 2.45) is 0 Å². The van der Waals surface area contributed by atoms with Crippen LogP contribution in [0.2, 0.25) is 0 Å². The van der Waals surface area contributed by atoms with Crippen LogP contribution in [-0.2, 0) is 6.54 Å². The molecule has 5 rings (SSSR count). The van der Waals surface area contributed by atoms with Crippen LogP contribution in [0.1, 0.15) is 5.56 Å². The molecule has 0 aliphatic carbocycles. The number of rotatable bonds is 5. The number of benzene rings is 2. The molecule has 0 saturated carbocycles. The van der Waals surface area contributed by atoms with E-state index >= 15 is 0 Å². The van der Waals surface area contributed by atoms with E-state index in [2.05, 4.69) is 10.1 Å². The molecule has 0 saturated heterocycles. The van der Waals surface area contributed by atoms with Gasteiger partial charge in [0.05, 0.1) is 37.9 Å². The number of aromatic nitrogens is 4. The van der Waals surface area contributed by atoms with Crippen LogP contribution in [0.25, 0.3) is 27.7 Å². The fraction of sp³-hybridized carbons (Fsp3) is 0.125. The molecule has 0 aliphatic rings. The number of ether oxygens (including phenoxy) is 2. The maximum atomic E-state index is 13.2. The zero-order valence-electron chi connectivity index (χ0n) is 17.1.